The maximum absolute atomic E-state index is 6.12. The highest BCUT2D eigenvalue weighted by atomic mass is 127. The number of fused-ring (bicyclic) bond motifs is 1. The molecule has 0 aliphatic carbocycles. The average Bonchev–Trinajstić information content (AvgIpc) is 2.87. The molecule has 3 N–H and O–H groups in total. The van der Waals surface area contributed by atoms with Crippen molar-refractivity contribution < 1.29 is 9.47 Å². The number of ether oxygens (including phenoxy) is 2. The number of aromatic nitrogens is 1. The fourth-order valence-electron chi connectivity index (χ4n) is 2.71. The quantitative estimate of drug-likeness (QED) is 0.392. The molecule has 0 saturated heterocycles. The Morgan fingerprint density at radius 2 is 2.04 bits per heavy atom. The third-order valence-corrected chi connectivity index (χ3v) is 3.91. The Hall–Kier alpha value is -2.03. The molecule has 7 heteroatoms. The largest absolute Gasteiger partial charge is 0.490 e. The van der Waals surface area contributed by atoms with Crippen LogP contribution < -0.4 is 20.5 Å². The van der Waals surface area contributed by atoms with E-state index in [9.17, 15) is 0 Å². The summed E-state index contributed by atoms with van der Waals surface area (Å²) in [5, 5.41) is 3.14. The van der Waals surface area contributed by atoms with Crippen LogP contribution in [0.2, 0.25) is 0 Å². The lowest BCUT2D eigenvalue weighted by molar-refractivity contribution is 0.297. The van der Waals surface area contributed by atoms with Crippen molar-refractivity contribution in [1.29, 1.82) is 0 Å². The van der Waals surface area contributed by atoms with Gasteiger partial charge in [0.2, 0.25) is 0 Å². The second-order valence-electron chi connectivity index (χ2n) is 5.91. The Morgan fingerprint density at radius 3 is 2.77 bits per heavy atom. The number of hydrogen-bond donors (Lipinski definition) is 2. The van der Waals surface area contributed by atoms with Gasteiger partial charge in [0.1, 0.15) is 0 Å². The Bertz CT molecular complexity index is 725. The van der Waals surface area contributed by atoms with Gasteiger partial charge in [0, 0.05) is 24.4 Å². The molecule has 1 aromatic carbocycles. The molecule has 2 aromatic rings. The van der Waals surface area contributed by atoms with E-state index < -0.39 is 0 Å². The average molecular weight is 468 g/mol. The predicted octanol–water partition coefficient (Wildman–Crippen LogP) is 4.13. The van der Waals surface area contributed by atoms with E-state index in [0.29, 0.717) is 19.2 Å². The third-order valence-electron chi connectivity index (χ3n) is 3.91. The molecule has 1 unspecified atom stereocenters. The maximum atomic E-state index is 6.12. The summed E-state index contributed by atoms with van der Waals surface area (Å²) < 4.78 is 11.3. The summed E-state index contributed by atoms with van der Waals surface area (Å²) in [5.41, 5.74) is 7.87. The zero-order valence-electron chi connectivity index (χ0n) is 14.9. The molecule has 0 fully saturated rings. The van der Waals surface area contributed by atoms with Crippen LogP contribution in [0, 0.1) is 0 Å². The SMILES string of the molecule is CCCC(N=C(N)Nc1ccc2c(c1)OCCCO2)c1ccccn1.I. The second-order valence-corrected chi connectivity index (χ2v) is 5.91. The predicted molar refractivity (Wildman–Crippen MR) is 115 cm³/mol. The van der Waals surface area contributed by atoms with E-state index in [-0.39, 0.29) is 30.0 Å². The summed E-state index contributed by atoms with van der Waals surface area (Å²) in [4.78, 5) is 9.01. The summed E-state index contributed by atoms with van der Waals surface area (Å²) >= 11 is 0. The summed E-state index contributed by atoms with van der Waals surface area (Å²) in [7, 11) is 0. The van der Waals surface area contributed by atoms with Gasteiger partial charge in [-0.25, -0.2) is 4.99 Å². The molecule has 0 spiro atoms. The molecule has 1 aliphatic heterocycles. The highest BCUT2D eigenvalue weighted by Gasteiger charge is 2.13. The standard InChI is InChI=1S/C19H24N4O2.HI/c1-2-6-16(15-7-3-4-10-21-15)23-19(20)22-14-8-9-17-18(13-14)25-12-5-11-24-17;/h3-4,7-10,13,16H,2,5-6,11-12H2,1H3,(H3,20,22,23);1H. The first-order chi connectivity index (χ1) is 12.3. The molecular formula is C19H25IN4O2. The molecule has 0 amide bonds. The van der Waals surface area contributed by atoms with E-state index in [1.165, 1.54) is 0 Å². The van der Waals surface area contributed by atoms with E-state index in [1.807, 2.05) is 36.4 Å². The molecule has 2 heterocycles. The van der Waals surface area contributed by atoms with Gasteiger partial charge in [0.25, 0.3) is 0 Å². The molecule has 1 aromatic heterocycles. The van der Waals surface area contributed by atoms with Crippen molar-refractivity contribution in [3.05, 3.63) is 48.3 Å². The summed E-state index contributed by atoms with van der Waals surface area (Å²) in [6, 6.07) is 11.5. The van der Waals surface area contributed by atoms with Gasteiger partial charge in [0.15, 0.2) is 17.5 Å². The van der Waals surface area contributed by atoms with Gasteiger partial charge in [-0.05, 0) is 30.7 Å². The van der Waals surface area contributed by atoms with E-state index in [1.54, 1.807) is 6.20 Å². The van der Waals surface area contributed by atoms with Crippen molar-refractivity contribution in [2.45, 2.75) is 32.2 Å². The van der Waals surface area contributed by atoms with Gasteiger partial charge in [0.05, 0.1) is 24.9 Å². The number of rotatable bonds is 5. The van der Waals surface area contributed by atoms with Crippen LogP contribution >= 0.6 is 24.0 Å². The molecule has 6 nitrogen and oxygen atoms in total. The number of nitrogens with zero attached hydrogens (tertiary/aromatic N) is 2. The van der Waals surface area contributed by atoms with Gasteiger partial charge >= 0.3 is 0 Å². The van der Waals surface area contributed by atoms with E-state index >= 15 is 0 Å². The first-order valence-corrected chi connectivity index (χ1v) is 8.67. The van der Waals surface area contributed by atoms with E-state index in [0.717, 1.165) is 42.1 Å². The summed E-state index contributed by atoms with van der Waals surface area (Å²) in [6.07, 6.45) is 4.55. The van der Waals surface area contributed by atoms with Crippen LogP contribution in [0.15, 0.2) is 47.6 Å². The minimum absolute atomic E-state index is 0. The number of halogens is 1. The Morgan fingerprint density at radius 1 is 1.23 bits per heavy atom. The van der Waals surface area contributed by atoms with Gasteiger partial charge in [-0.2, -0.15) is 0 Å². The van der Waals surface area contributed by atoms with Crippen LogP contribution in [0.1, 0.15) is 37.9 Å². The Balaban J connectivity index is 0.00000243. The first-order valence-electron chi connectivity index (χ1n) is 8.67. The zero-order chi connectivity index (χ0) is 17.5. The lowest BCUT2D eigenvalue weighted by atomic mass is 10.1. The molecule has 1 aliphatic rings. The molecule has 140 valence electrons. The van der Waals surface area contributed by atoms with Gasteiger partial charge in [-0.15, -0.1) is 24.0 Å². The van der Waals surface area contributed by atoms with E-state index in [2.05, 4.69) is 22.2 Å². The lowest BCUT2D eigenvalue weighted by Gasteiger charge is -2.14. The molecular weight excluding hydrogens is 443 g/mol. The van der Waals surface area contributed by atoms with Crippen molar-refractivity contribution in [1.82, 2.24) is 4.98 Å². The number of anilines is 1. The molecule has 1 atom stereocenters. The first kappa shape index (κ1) is 20.3. The van der Waals surface area contributed by atoms with Gasteiger partial charge in [-0.1, -0.05) is 19.4 Å². The van der Waals surface area contributed by atoms with Gasteiger partial charge < -0.3 is 20.5 Å². The highest BCUT2D eigenvalue weighted by molar-refractivity contribution is 14.0. The number of hydrogen-bond acceptors (Lipinski definition) is 4. The van der Waals surface area contributed by atoms with Crippen molar-refractivity contribution in [2.75, 3.05) is 18.5 Å². The number of nitrogens with two attached hydrogens (primary N) is 1. The third kappa shape index (κ3) is 5.48. The fourth-order valence-corrected chi connectivity index (χ4v) is 2.71. The van der Waals surface area contributed by atoms with Crippen LogP contribution in [0.5, 0.6) is 11.5 Å². The van der Waals surface area contributed by atoms with Crippen molar-refractivity contribution >= 4 is 35.6 Å². The van der Waals surface area contributed by atoms with E-state index in [4.69, 9.17) is 15.2 Å². The lowest BCUT2D eigenvalue weighted by Crippen LogP contribution is -2.23. The van der Waals surface area contributed by atoms with Crippen LogP contribution in [-0.4, -0.2) is 24.2 Å². The normalized spacial score (nSPS) is 14.7. The highest BCUT2D eigenvalue weighted by Crippen LogP contribution is 2.32. The summed E-state index contributed by atoms with van der Waals surface area (Å²) in [6.45, 7) is 3.45. The van der Waals surface area contributed by atoms with Crippen molar-refractivity contribution in [3.8, 4) is 11.5 Å². The fraction of sp³-hybridized carbons (Fsp3) is 0.368. The van der Waals surface area contributed by atoms with Crippen molar-refractivity contribution in [3.63, 3.8) is 0 Å². The topological polar surface area (TPSA) is 81.8 Å². The zero-order valence-corrected chi connectivity index (χ0v) is 17.2. The van der Waals surface area contributed by atoms with Crippen LogP contribution in [-0.2, 0) is 0 Å². The Labute approximate surface area is 171 Å². The van der Waals surface area contributed by atoms with Gasteiger partial charge in [-0.3, -0.25) is 4.98 Å². The number of guanidine groups is 1. The number of nitrogens with one attached hydrogen (secondary N) is 1. The monoisotopic (exact) mass is 468 g/mol. The second kappa shape index (κ2) is 10.2. The number of pyridine rings is 1. The maximum Gasteiger partial charge on any atom is 0.193 e. The minimum Gasteiger partial charge on any atom is -0.490 e. The van der Waals surface area contributed by atoms with Crippen molar-refractivity contribution in [2.24, 2.45) is 10.7 Å². The number of benzene rings is 1. The molecule has 0 bridgehead atoms. The van der Waals surface area contributed by atoms with Crippen LogP contribution in [0.4, 0.5) is 5.69 Å². The molecule has 26 heavy (non-hydrogen) atoms. The Kier molecular flexibility index (Phi) is 7.96. The molecule has 0 saturated carbocycles. The molecule has 3 rings (SSSR count). The number of aliphatic imine (C=N–C) groups is 1. The molecule has 0 radical (unpaired) electrons. The van der Waals surface area contributed by atoms with Crippen LogP contribution in [0.3, 0.4) is 0 Å². The smallest absolute Gasteiger partial charge is 0.193 e. The van der Waals surface area contributed by atoms with Crippen LogP contribution in [0.25, 0.3) is 0 Å². The summed E-state index contributed by atoms with van der Waals surface area (Å²) in [5.74, 6) is 1.85. The minimum atomic E-state index is -0.0564.